The first kappa shape index (κ1) is 20.7. The summed E-state index contributed by atoms with van der Waals surface area (Å²) >= 11 is 0. The number of carbonyl (C=O) groups is 1. The summed E-state index contributed by atoms with van der Waals surface area (Å²) in [6.07, 6.45) is -3.62. The number of aromatic nitrogens is 2. The second-order valence-electron chi connectivity index (χ2n) is 6.72. The van der Waals surface area contributed by atoms with E-state index in [1.54, 1.807) is 0 Å². The zero-order valence-electron chi connectivity index (χ0n) is 15.2. The molecule has 1 amide bonds. The van der Waals surface area contributed by atoms with E-state index in [1.807, 2.05) is 0 Å². The van der Waals surface area contributed by atoms with E-state index in [2.05, 4.69) is 4.98 Å². The number of nitrogen functional groups attached to an aromatic ring is 1. The molecule has 1 aliphatic heterocycles. The lowest BCUT2D eigenvalue weighted by atomic mass is 9.92. The molecule has 2 heterocycles. The van der Waals surface area contributed by atoms with Gasteiger partial charge in [0.1, 0.15) is 24.1 Å². The van der Waals surface area contributed by atoms with Crippen LogP contribution in [0.2, 0.25) is 0 Å². The van der Waals surface area contributed by atoms with E-state index >= 15 is 0 Å². The SMILES string of the molecule is NC(=O)CC(c1ccc([N+](=O)[O-])cc1)c1ncn([C@@H]2O[C@H](CO)[C@@H](O)[C@H]2O)c1N. The molecular weight excluding hydrogens is 386 g/mol. The Morgan fingerprint density at radius 3 is 2.48 bits per heavy atom. The molecule has 1 aliphatic rings. The van der Waals surface area contributed by atoms with Crippen molar-refractivity contribution in [2.45, 2.75) is 36.9 Å². The molecule has 29 heavy (non-hydrogen) atoms. The number of nitro benzene ring substituents is 1. The summed E-state index contributed by atoms with van der Waals surface area (Å²) in [5.41, 5.74) is 12.2. The average Bonchev–Trinajstić information content (AvgIpc) is 3.19. The number of aliphatic hydroxyl groups excluding tert-OH is 3. The van der Waals surface area contributed by atoms with Crippen molar-refractivity contribution in [1.29, 1.82) is 0 Å². The number of rotatable bonds is 7. The molecule has 1 fully saturated rings. The molecule has 1 unspecified atom stereocenters. The minimum absolute atomic E-state index is 0.0597. The van der Waals surface area contributed by atoms with Crippen LogP contribution in [0.1, 0.15) is 29.8 Å². The van der Waals surface area contributed by atoms with Crippen LogP contribution in [-0.2, 0) is 9.53 Å². The van der Waals surface area contributed by atoms with E-state index in [0.29, 0.717) is 5.56 Å². The van der Waals surface area contributed by atoms with Gasteiger partial charge in [-0.15, -0.1) is 0 Å². The number of carbonyl (C=O) groups excluding carboxylic acids is 1. The van der Waals surface area contributed by atoms with Gasteiger partial charge in [0.25, 0.3) is 5.69 Å². The number of non-ortho nitro benzene ring substituents is 1. The standard InChI is InChI=1S/C17H21N5O7/c18-12(24)5-10(8-1-3-9(4-2-8)22(27)28)13-16(19)21(7-20-13)17-15(26)14(25)11(6-23)29-17/h1-4,7,10-11,14-15,17,23,25-26H,5-6,19H2,(H2,18,24)/t10?,11-,14-,15-,17-/m1/s1. The Kier molecular flexibility index (Phi) is 5.79. The Morgan fingerprint density at radius 2 is 1.97 bits per heavy atom. The van der Waals surface area contributed by atoms with Crippen molar-refractivity contribution in [3.05, 3.63) is 52.0 Å². The minimum Gasteiger partial charge on any atom is -0.394 e. The molecule has 1 saturated heterocycles. The molecule has 1 aromatic heterocycles. The van der Waals surface area contributed by atoms with Gasteiger partial charge in [0.15, 0.2) is 6.23 Å². The number of hydrogen-bond donors (Lipinski definition) is 5. The van der Waals surface area contributed by atoms with Crippen LogP contribution in [0, 0.1) is 10.1 Å². The summed E-state index contributed by atoms with van der Waals surface area (Å²) in [5.74, 6) is -1.26. The highest BCUT2D eigenvalue weighted by Gasteiger charge is 2.44. The van der Waals surface area contributed by atoms with Gasteiger partial charge in [0, 0.05) is 24.5 Å². The Morgan fingerprint density at radius 1 is 1.31 bits per heavy atom. The van der Waals surface area contributed by atoms with Crippen LogP contribution in [0.5, 0.6) is 0 Å². The van der Waals surface area contributed by atoms with Crippen molar-refractivity contribution in [3.63, 3.8) is 0 Å². The Hall–Kier alpha value is -3.06. The largest absolute Gasteiger partial charge is 0.394 e. The number of ether oxygens (including phenoxy) is 1. The van der Waals surface area contributed by atoms with Gasteiger partial charge in [0.2, 0.25) is 5.91 Å². The summed E-state index contributed by atoms with van der Waals surface area (Å²) in [5, 5.41) is 40.2. The molecule has 5 atom stereocenters. The Bertz CT molecular complexity index is 900. The Balaban J connectivity index is 1.96. The molecule has 0 spiro atoms. The van der Waals surface area contributed by atoms with Crippen molar-refractivity contribution >= 4 is 17.4 Å². The van der Waals surface area contributed by atoms with Gasteiger partial charge in [-0.1, -0.05) is 12.1 Å². The molecule has 0 aliphatic carbocycles. The van der Waals surface area contributed by atoms with Crippen LogP contribution in [0.15, 0.2) is 30.6 Å². The molecular formula is C17H21N5O7. The van der Waals surface area contributed by atoms with Crippen LogP contribution in [-0.4, -0.2) is 60.6 Å². The second-order valence-corrected chi connectivity index (χ2v) is 6.72. The first-order valence-electron chi connectivity index (χ1n) is 8.71. The van der Waals surface area contributed by atoms with E-state index in [9.17, 15) is 30.2 Å². The fourth-order valence-electron chi connectivity index (χ4n) is 3.37. The van der Waals surface area contributed by atoms with E-state index in [1.165, 1.54) is 35.2 Å². The quantitative estimate of drug-likeness (QED) is 0.282. The maximum atomic E-state index is 11.6. The van der Waals surface area contributed by atoms with Crippen LogP contribution in [0.3, 0.4) is 0 Å². The number of nitrogens with two attached hydrogens (primary N) is 2. The number of imidazole rings is 1. The van der Waals surface area contributed by atoms with E-state index < -0.39 is 47.9 Å². The number of benzene rings is 1. The maximum Gasteiger partial charge on any atom is 0.269 e. The fraction of sp³-hybridized carbons (Fsp3) is 0.412. The molecule has 3 rings (SSSR count). The molecule has 12 nitrogen and oxygen atoms in total. The number of aliphatic hydroxyl groups is 3. The van der Waals surface area contributed by atoms with Crippen LogP contribution < -0.4 is 11.5 Å². The van der Waals surface area contributed by atoms with E-state index in [0.717, 1.165) is 0 Å². The lowest BCUT2D eigenvalue weighted by molar-refractivity contribution is -0.384. The third kappa shape index (κ3) is 3.91. The highest BCUT2D eigenvalue weighted by Crippen LogP contribution is 2.36. The third-order valence-corrected chi connectivity index (χ3v) is 4.89. The molecule has 0 saturated carbocycles. The molecule has 156 valence electrons. The maximum absolute atomic E-state index is 11.6. The molecule has 0 bridgehead atoms. The minimum atomic E-state index is -1.36. The zero-order chi connectivity index (χ0) is 21.3. The van der Waals surface area contributed by atoms with Gasteiger partial charge in [-0.05, 0) is 5.56 Å². The summed E-state index contributed by atoms with van der Waals surface area (Å²) in [6, 6.07) is 5.55. The van der Waals surface area contributed by atoms with Crippen LogP contribution in [0.25, 0.3) is 0 Å². The van der Waals surface area contributed by atoms with Gasteiger partial charge in [0.05, 0.1) is 23.6 Å². The van der Waals surface area contributed by atoms with Gasteiger partial charge in [-0.3, -0.25) is 19.5 Å². The van der Waals surface area contributed by atoms with Gasteiger partial charge in [-0.2, -0.15) is 0 Å². The number of anilines is 1. The summed E-state index contributed by atoms with van der Waals surface area (Å²) < 4.78 is 6.74. The van der Waals surface area contributed by atoms with Crippen molar-refractivity contribution in [1.82, 2.24) is 9.55 Å². The number of primary amides is 1. The monoisotopic (exact) mass is 407 g/mol. The van der Waals surface area contributed by atoms with Crippen LogP contribution in [0.4, 0.5) is 11.5 Å². The highest BCUT2D eigenvalue weighted by molar-refractivity contribution is 5.75. The fourth-order valence-corrected chi connectivity index (χ4v) is 3.37. The number of hydrogen-bond acceptors (Lipinski definition) is 9. The number of nitrogens with zero attached hydrogens (tertiary/aromatic N) is 3. The number of amides is 1. The Labute approximate surface area is 164 Å². The lowest BCUT2D eigenvalue weighted by Gasteiger charge is -2.19. The predicted octanol–water partition coefficient (Wildman–Crippen LogP) is -1.01. The summed E-state index contributed by atoms with van der Waals surface area (Å²) in [4.78, 5) is 26.1. The highest BCUT2D eigenvalue weighted by atomic mass is 16.6. The third-order valence-electron chi connectivity index (χ3n) is 4.89. The molecule has 1 aromatic carbocycles. The molecule has 2 aromatic rings. The average molecular weight is 407 g/mol. The predicted molar refractivity (Wildman–Crippen MR) is 98.4 cm³/mol. The lowest BCUT2D eigenvalue weighted by Crippen LogP contribution is -2.33. The van der Waals surface area contributed by atoms with Gasteiger partial charge < -0.3 is 31.5 Å². The second kappa shape index (κ2) is 8.13. The van der Waals surface area contributed by atoms with Gasteiger partial charge in [-0.25, -0.2) is 4.98 Å². The van der Waals surface area contributed by atoms with Crippen molar-refractivity contribution in [3.8, 4) is 0 Å². The molecule has 12 heteroatoms. The molecule has 0 radical (unpaired) electrons. The van der Waals surface area contributed by atoms with E-state index in [-0.39, 0.29) is 23.6 Å². The van der Waals surface area contributed by atoms with Crippen molar-refractivity contribution in [2.24, 2.45) is 5.73 Å². The van der Waals surface area contributed by atoms with Crippen molar-refractivity contribution in [2.75, 3.05) is 12.3 Å². The topological polar surface area (TPSA) is 200 Å². The first-order chi connectivity index (χ1) is 13.7. The zero-order valence-corrected chi connectivity index (χ0v) is 15.2. The van der Waals surface area contributed by atoms with Crippen molar-refractivity contribution < 1.29 is 29.8 Å². The first-order valence-corrected chi connectivity index (χ1v) is 8.71. The van der Waals surface area contributed by atoms with E-state index in [4.69, 9.17) is 16.2 Å². The van der Waals surface area contributed by atoms with Gasteiger partial charge >= 0.3 is 0 Å². The summed E-state index contributed by atoms with van der Waals surface area (Å²) in [6.45, 7) is -0.497. The molecule has 7 N–H and O–H groups in total. The number of nitro groups is 1. The smallest absolute Gasteiger partial charge is 0.269 e. The summed E-state index contributed by atoms with van der Waals surface area (Å²) in [7, 11) is 0. The normalized spacial score (nSPS) is 25.1. The van der Waals surface area contributed by atoms with Crippen LogP contribution >= 0.6 is 0 Å².